The molecule has 0 radical (unpaired) electrons. The molecule has 6 nitrogen and oxygen atoms in total. The maximum absolute atomic E-state index is 12.2. The van der Waals surface area contributed by atoms with Crippen molar-refractivity contribution in [1.29, 1.82) is 0 Å². The topological polar surface area (TPSA) is 84.1 Å². The predicted molar refractivity (Wildman–Crippen MR) is 104 cm³/mol. The van der Waals surface area contributed by atoms with E-state index in [1.807, 2.05) is 24.3 Å². The number of amides is 1. The van der Waals surface area contributed by atoms with Crippen molar-refractivity contribution in [3.8, 4) is 0 Å². The summed E-state index contributed by atoms with van der Waals surface area (Å²) < 4.78 is 4.90. The van der Waals surface area contributed by atoms with Crippen LogP contribution in [0.25, 0.3) is 11.0 Å². The third-order valence-electron chi connectivity index (χ3n) is 5.17. The van der Waals surface area contributed by atoms with Gasteiger partial charge in [-0.1, -0.05) is 18.6 Å². The van der Waals surface area contributed by atoms with Gasteiger partial charge in [0.25, 0.3) is 0 Å². The molecule has 1 heterocycles. The summed E-state index contributed by atoms with van der Waals surface area (Å²) in [6, 6.07) is 8.28. The van der Waals surface area contributed by atoms with Crippen LogP contribution in [0.3, 0.4) is 0 Å². The molecule has 27 heavy (non-hydrogen) atoms. The third kappa shape index (κ3) is 5.55. The first kappa shape index (κ1) is 19.4. The quantitative estimate of drug-likeness (QED) is 0.546. The van der Waals surface area contributed by atoms with Crippen molar-refractivity contribution >= 4 is 22.9 Å². The first-order valence-corrected chi connectivity index (χ1v) is 10.1. The standard InChI is InChI=1S/C21H29N3O3/c1-2-27-20(26)13-6-5-12-19(25)22-16-9-7-8-15(14-16)21-23-17-10-3-4-11-18(17)24-21/h3-4,10-11,15-16H,2,5-9,12-14H2,1H3,(H,22,25)(H,23,24). The Labute approximate surface area is 160 Å². The molecule has 146 valence electrons. The highest BCUT2D eigenvalue weighted by Gasteiger charge is 2.26. The number of para-hydroxylation sites is 2. The van der Waals surface area contributed by atoms with Crippen molar-refractivity contribution in [3.63, 3.8) is 0 Å². The van der Waals surface area contributed by atoms with Crippen LogP contribution < -0.4 is 5.32 Å². The molecule has 2 atom stereocenters. The SMILES string of the molecule is CCOC(=O)CCCCC(=O)NC1CCCC(c2nc3ccccc3[nH]2)C1. The summed E-state index contributed by atoms with van der Waals surface area (Å²) in [4.78, 5) is 31.7. The Morgan fingerprint density at radius 1 is 1.22 bits per heavy atom. The van der Waals surface area contributed by atoms with E-state index < -0.39 is 0 Å². The zero-order chi connectivity index (χ0) is 19.1. The number of fused-ring (bicyclic) bond motifs is 1. The van der Waals surface area contributed by atoms with E-state index >= 15 is 0 Å². The highest BCUT2D eigenvalue weighted by Crippen LogP contribution is 2.32. The monoisotopic (exact) mass is 371 g/mol. The van der Waals surface area contributed by atoms with Crippen LogP contribution in [0.5, 0.6) is 0 Å². The summed E-state index contributed by atoms with van der Waals surface area (Å²) in [6.07, 6.45) is 6.40. The normalized spacial score (nSPS) is 19.7. The smallest absolute Gasteiger partial charge is 0.305 e. The number of unbranched alkanes of at least 4 members (excludes halogenated alkanes) is 1. The number of nitrogens with zero attached hydrogens (tertiary/aromatic N) is 1. The highest BCUT2D eigenvalue weighted by molar-refractivity contribution is 5.76. The Morgan fingerprint density at radius 3 is 2.85 bits per heavy atom. The molecule has 1 amide bonds. The molecule has 6 heteroatoms. The number of esters is 1. The Balaban J connectivity index is 1.44. The van der Waals surface area contributed by atoms with Crippen molar-refractivity contribution in [2.24, 2.45) is 0 Å². The summed E-state index contributed by atoms with van der Waals surface area (Å²) in [5.74, 6) is 1.29. The number of imidazole rings is 1. The van der Waals surface area contributed by atoms with Gasteiger partial charge < -0.3 is 15.0 Å². The molecule has 0 aliphatic heterocycles. The Kier molecular flexibility index (Phi) is 6.85. The lowest BCUT2D eigenvalue weighted by Crippen LogP contribution is -2.38. The van der Waals surface area contributed by atoms with Gasteiger partial charge in [-0.05, 0) is 51.2 Å². The van der Waals surface area contributed by atoms with Crippen LogP contribution in [0.15, 0.2) is 24.3 Å². The van der Waals surface area contributed by atoms with Crippen LogP contribution in [0.1, 0.15) is 70.0 Å². The van der Waals surface area contributed by atoms with Gasteiger partial charge in [-0.2, -0.15) is 0 Å². The number of ether oxygens (including phenoxy) is 1. The number of carbonyl (C=O) groups excluding carboxylic acids is 2. The van der Waals surface area contributed by atoms with Gasteiger partial charge in [0.15, 0.2) is 0 Å². The number of aromatic nitrogens is 2. The van der Waals surface area contributed by atoms with Gasteiger partial charge in [0.1, 0.15) is 5.82 Å². The number of rotatable bonds is 8. The number of H-pyrrole nitrogens is 1. The van der Waals surface area contributed by atoms with Crippen LogP contribution in [0.4, 0.5) is 0 Å². The Morgan fingerprint density at radius 2 is 2.04 bits per heavy atom. The molecule has 0 saturated heterocycles. The fourth-order valence-electron chi connectivity index (χ4n) is 3.82. The summed E-state index contributed by atoms with van der Waals surface area (Å²) in [5, 5.41) is 3.17. The van der Waals surface area contributed by atoms with Crippen LogP contribution in [-0.4, -0.2) is 34.5 Å². The average molecular weight is 371 g/mol. The molecule has 2 unspecified atom stereocenters. The molecule has 1 saturated carbocycles. The molecular weight excluding hydrogens is 342 g/mol. The first-order chi connectivity index (χ1) is 13.2. The third-order valence-corrected chi connectivity index (χ3v) is 5.17. The lowest BCUT2D eigenvalue weighted by molar-refractivity contribution is -0.143. The highest BCUT2D eigenvalue weighted by atomic mass is 16.5. The molecule has 2 aromatic rings. The molecule has 1 aromatic carbocycles. The zero-order valence-corrected chi connectivity index (χ0v) is 16.0. The van der Waals surface area contributed by atoms with Gasteiger partial charge >= 0.3 is 5.97 Å². The minimum absolute atomic E-state index is 0.0779. The fraction of sp³-hybridized carbons (Fsp3) is 0.571. The van der Waals surface area contributed by atoms with Crippen molar-refractivity contribution < 1.29 is 14.3 Å². The molecule has 0 spiro atoms. The first-order valence-electron chi connectivity index (χ1n) is 10.1. The van der Waals surface area contributed by atoms with Gasteiger partial charge in [-0.25, -0.2) is 4.98 Å². The maximum Gasteiger partial charge on any atom is 0.305 e. The van der Waals surface area contributed by atoms with Crippen molar-refractivity contribution in [3.05, 3.63) is 30.1 Å². The van der Waals surface area contributed by atoms with Crippen molar-refractivity contribution in [2.75, 3.05) is 6.61 Å². The second kappa shape index (κ2) is 9.53. The van der Waals surface area contributed by atoms with E-state index in [0.29, 0.717) is 38.2 Å². The second-order valence-electron chi connectivity index (χ2n) is 7.28. The molecule has 3 rings (SSSR count). The van der Waals surface area contributed by atoms with E-state index in [4.69, 9.17) is 9.72 Å². The number of benzene rings is 1. The molecular formula is C21H29N3O3. The second-order valence-corrected chi connectivity index (χ2v) is 7.28. The van der Waals surface area contributed by atoms with E-state index in [1.165, 1.54) is 0 Å². The van der Waals surface area contributed by atoms with E-state index in [-0.39, 0.29) is 17.9 Å². The Hall–Kier alpha value is -2.37. The summed E-state index contributed by atoms with van der Waals surface area (Å²) in [6.45, 7) is 2.21. The number of aromatic amines is 1. The number of hydrogen-bond donors (Lipinski definition) is 2. The van der Waals surface area contributed by atoms with Gasteiger partial charge in [-0.15, -0.1) is 0 Å². The number of hydrogen-bond acceptors (Lipinski definition) is 4. The van der Waals surface area contributed by atoms with E-state index in [9.17, 15) is 9.59 Å². The van der Waals surface area contributed by atoms with Crippen LogP contribution in [0.2, 0.25) is 0 Å². The number of carbonyl (C=O) groups is 2. The Bertz CT molecular complexity index is 738. The van der Waals surface area contributed by atoms with Crippen LogP contribution in [0, 0.1) is 0 Å². The largest absolute Gasteiger partial charge is 0.466 e. The fourth-order valence-corrected chi connectivity index (χ4v) is 3.82. The number of nitrogens with one attached hydrogen (secondary N) is 2. The molecule has 1 fully saturated rings. The van der Waals surface area contributed by atoms with Gasteiger partial charge in [0.05, 0.1) is 17.6 Å². The average Bonchev–Trinajstić information content (AvgIpc) is 3.10. The van der Waals surface area contributed by atoms with Crippen LogP contribution in [-0.2, 0) is 14.3 Å². The zero-order valence-electron chi connectivity index (χ0n) is 16.0. The molecule has 1 aromatic heterocycles. The minimum atomic E-state index is -0.182. The van der Waals surface area contributed by atoms with Crippen molar-refractivity contribution in [1.82, 2.24) is 15.3 Å². The summed E-state index contributed by atoms with van der Waals surface area (Å²) in [5.41, 5.74) is 2.07. The molecule has 1 aliphatic rings. The van der Waals surface area contributed by atoms with Crippen LogP contribution >= 0.6 is 0 Å². The molecule has 2 N–H and O–H groups in total. The van der Waals surface area contributed by atoms with E-state index in [0.717, 1.165) is 42.5 Å². The maximum atomic E-state index is 12.2. The molecule has 0 bridgehead atoms. The van der Waals surface area contributed by atoms with Gasteiger partial charge in [0.2, 0.25) is 5.91 Å². The predicted octanol–water partition coefficient (Wildman–Crippen LogP) is 3.83. The molecule has 1 aliphatic carbocycles. The van der Waals surface area contributed by atoms with Gasteiger partial charge in [-0.3, -0.25) is 9.59 Å². The summed E-state index contributed by atoms with van der Waals surface area (Å²) in [7, 11) is 0. The summed E-state index contributed by atoms with van der Waals surface area (Å²) >= 11 is 0. The minimum Gasteiger partial charge on any atom is -0.466 e. The van der Waals surface area contributed by atoms with Crippen molar-refractivity contribution in [2.45, 2.75) is 70.3 Å². The lowest BCUT2D eigenvalue weighted by atomic mass is 9.85. The lowest BCUT2D eigenvalue weighted by Gasteiger charge is -2.28. The van der Waals surface area contributed by atoms with E-state index in [1.54, 1.807) is 6.92 Å². The van der Waals surface area contributed by atoms with E-state index in [2.05, 4.69) is 10.3 Å². The van der Waals surface area contributed by atoms with Gasteiger partial charge in [0, 0.05) is 24.8 Å².